The number of hydrogen-bond acceptors (Lipinski definition) is 4. The fourth-order valence-corrected chi connectivity index (χ4v) is 3.00. The van der Waals surface area contributed by atoms with E-state index in [-0.39, 0.29) is 22.0 Å². The Labute approximate surface area is 174 Å². The number of nitro benzene ring substituents is 1. The van der Waals surface area contributed by atoms with Gasteiger partial charge < -0.3 is 9.73 Å². The van der Waals surface area contributed by atoms with Crippen LogP contribution in [-0.2, 0) is 4.79 Å². The number of rotatable bonds is 5. The Morgan fingerprint density at radius 3 is 2.46 bits per heavy atom. The van der Waals surface area contributed by atoms with Crippen LogP contribution >= 0.6 is 34.8 Å². The van der Waals surface area contributed by atoms with Crippen LogP contribution in [-0.4, -0.2) is 10.8 Å². The monoisotopic (exact) mass is 436 g/mol. The van der Waals surface area contributed by atoms with E-state index in [2.05, 4.69) is 5.32 Å². The van der Waals surface area contributed by atoms with E-state index in [1.165, 1.54) is 36.4 Å². The average Bonchev–Trinajstić information content (AvgIpc) is 3.11. The summed E-state index contributed by atoms with van der Waals surface area (Å²) in [5.41, 5.74) is 0.525. The number of carbonyl (C=O) groups is 1. The predicted octanol–water partition coefficient (Wildman–Crippen LogP) is 6.47. The first-order valence-corrected chi connectivity index (χ1v) is 8.95. The third kappa shape index (κ3) is 4.72. The molecule has 2 aromatic carbocycles. The van der Waals surface area contributed by atoms with Gasteiger partial charge in [0.2, 0.25) is 5.91 Å². The Morgan fingerprint density at radius 1 is 1.04 bits per heavy atom. The largest absolute Gasteiger partial charge is 0.456 e. The van der Waals surface area contributed by atoms with Crippen LogP contribution < -0.4 is 5.32 Å². The number of carbonyl (C=O) groups excluding carboxylic acids is 1. The van der Waals surface area contributed by atoms with Gasteiger partial charge in [-0.25, -0.2) is 0 Å². The summed E-state index contributed by atoms with van der Waals surface area (Å²) >= 11 is 17.6. The van der Waals surface area contributed by atoms with E-state index in [4.69, 9.17) is 39.2 Å². The molecule has 0 bridgehead atoms. The molecule has 0 unspecified atom stereocenters. The smallest absolute Gasteiger partial charge is 0.281 e. The van der Waals surface area contributed by atoms with Gasteiger partial charge in [0.1, 0.15) is 11.5 Å². The van der Waals surface area contributed by atoms with E-state index in [0.29, 0.717) is 21.5 Å². The quantitative estimate of drug-likeness (QED) is 0.282. The zero-order valence-corrected chi connectivity index (χ0v) is 16.3. The Kier molecular flexibility index (Phi) is 6.04. The van der Waals surface area contributed by atoms with Crippen LogP contribution in [0.4, 0.5) is 11.4 Å². The average molecular weight is 438 g/mol. The van der Waals surface area contributed by atoms with Gasteiger partial charge in [0.05, 0.1) is 21.2 Å². The van der Waals surface area contributed by atoms with Crippen molar-refractivity contribution >= 4 is 58.2 Å². The molecule has 1 N–H and O–H groups in total. The lowest BCUT2D eigenvalue weighted by Gasteiger charge is -2.04. The molecule has 0 aliphatic rings. The summed E-state index contributed by atoms with van der Waals surface area (Å²) < 4.78 is 5.58. The molecule has 0 radical (unpaired) electrons. The maximum Gasteiger partial charge on any atom is 0.281 e. The second kappa shape index (κ2) is 8.48. The van der Waals surface area contributed by atoms with Gasteiger partial charge in [-0.15, -0.1) is 0 Å². The van der Waals surface area contributed by atoms with Crippen molar-refractivity contribution in [1.82, 2.24) is 0 Å². The molecule has 3 rings (SSSR count). The highest BCUT2D eigenvalue weighted by molar-refractivity contribution is 6.36. The minimum Gasteiger partial charge on any atom is -0.456 e. The molecule has 3 aromatic rings. The lowest BCUT2D eigenvalue weighted by atomic mass is 10.1. The first-order valence-electron chi connectivity index (χ1n) is 7.82. The first kappa shape index (κ1) is 19.9. The summed E-state index contributed by atoms with van der Waals surface area (Å²) in [6.45, 7) is 0. The molecule has 9 heteroatoms. The summed E-state index contributed by atoms with van der Waals surface area (Å²) in [6, 6.07) is 12.1. The van der Waals surface area contributed by atoms with E-state index >= 15 is 0 Å². The lowest BCUT2D eigenvalue weighted by molar-refractivity contribution is -0.384. The van der Waals surface area contributed by atoms with Gasteiger partial charge in [-0.2, -0.15) is 0 Å². The molecule has 1 heterocycles. The number of benzene rings is 2. The minimum absolute atomic E-state index is 0.174. The molecule has 6 nitrogen and oxygen atoms in total. The fourth-order valence-electron chi connectivity index (χ4n) is 2.37. The van der Waals surface area contributed by atoms with Crippen molar-refractivity contribution in [3.63, 3.8) is 0 Å². The van der Waals surface area contributed by atoms with Crippen molar-refractivity contribution in [2.75, 3.05) is 5.32 Å². The molecule has 0 spiro atoms. The van der Waals surface area contributed by atoms with Crippen molar-refractivity contribution in [2.24, 2.45) is 0 Å². The fraction of sp³-hybridized carbons (Fsp3) is 0. The van der Waals surface area contributed by atoms with Crippen LogP contribution in [0.2, 0.25) is 15.1 Å². The number of halogens is 3. The maximum atomic E-state index is 12.0. The van der Waals surface area contributed by atoms with Crippen LogP contribution in [0.3, 0.4) is 0 Å². The molecule has 0 saturated carbocycles. The van der Waals surface area contributed by atoms with E-state index in [1.807, 2.05) is 0 Å². The number of hydrogen-bond donors (Lipinski definition) is 1. The summed E-state index contributed by atoms with van der Waals surface area (Å²) in [7, 11) is 0. The highest BCUT2D eigenvalue weighted by Gasteiger charge is 2.18. The van der Waals surface area contributed by atoms with Gasteiger partial charge in [-0.1, -0.05) is 34.8 Å². The van der Waals surface area contributed by atoms with E-state index in [0.717, 1.165) is 0 Å². The first-order chi connectivity index (χ1) is 13.3. The topological polar surface area (TPSA) is 85.4 Å². The van der Waals surface area contributed by atoms with Crippen molar-refractivity contribution in [3.8, 4) is 11.3 Å². The molecule has 0 aliphatic carbocycles. The van der Waals surface area contributed by atoms with E-state index < -0.39 is 10.8 Å². The van der Waals surface area contributed by atoms with Crippen molar-refractivity contribution in [1.29, 1.82) is 0 Å². The lowest BCUT2D eigenvalue weighted by Crippen LogP contribution is -2.07. The molecule has 142 valence electrons. The summed E-state index contributed by atoms with van der Waals surface area (Å²) in [6.07, 6.45) is 2.69. The second-order valence-electron chi connectivity index (χ2n) is 5.57. The molecule has 0 aliphatic heterocycles. The second-order valence-corrected chi connectivity index (χ2v) is 6.85. The van der Waals surface area contributed by atoms with Gasteiger partial charge in [-0.3, -0.25) is 14.9 Å². The zero-order valence-electron chi connectivity index (χ0n) is 14.0. The highest BCUT2D eigenvalue weighted by Crippen LogP contribution is 2.33. The summed E-state index contributed by atoms with van der Waals surface area (Å²) in [5, 5.41) is 14.8. The summed E-state index contributed by atoms with van der Waals surface area (Å²) in [4.78, 5) is 22.7. The summed E-state index contributed by atoms with van der Waals surface area (Å²) in [5.74, 6) is 0.195. The third-order valence-electron chi connectivity index (χ3n) is 3.64. The molecular weight excluding hydrogens is 427 g/mol. The van der Waals surface area contributed by atoms with Crippen LogP contribution in [0, 0.1) is 10.1 Å². The molecule has 0 atom stereocenters. The van der Waals surface area contributed by atoms with Gasteiger partial charge in [-0.05, 0) is 48.5 Å². The van der Waals surface area contributed by atoms with E-state index in [9.17, 15) is 14.9 Å². The van der Waals surface area contributed by atoms with Crippen LogP contribution in [0.25, 0.3) is 17.4 Å². The Hall–Kier alpha value is -2.80. The number of anilines is 1. The standard InChI is InChI=1S/C19H11Cl3N2O4/c20-11-2-6-16(15(22)9-11)23-19(25)8-4-13-3-7-18(28-13)14-5-1-12(21)10-17(14)24(26)27/h1-10H,(H,23,25)/b8-4+. The molecule has 0 fully saturated rings. The number of amides is 1. The van der Waals surface area contributed by atoms with Gasteiger partial charge in [0.25, 0.3) is 5.69 Å². The number of furan rings is 1. The normalized spacial score (nSPS) is 11.0. The number of nitro groups is 1. The highest BCUT2D eigenvalue weighted by atomic mass is 35.5. The Morgan fingerprint density at radius 2 is 1.75 bits per heavy atom. The zero-order chi connectivity index (χ0) is 20.3. The minimum atomic E-state index is -0.539. The van der Waals surface area contributed by atoms with Crippen LogP contribution in [0.15, 0.2) is 59.0 Å². The third-order valence-corrected chi connectivity index (χ3v) is 4.42. The number of nitrogens with one attached hydrogen (secondary N) is 1. The molecule has 28 heavy (non-hydrogen) atoms. The van der Waals surface area contributed by atoms with Crippen molar-refractivity contribution in [3.05, 3.63) is 85.5 Å². The van der Waals surface area contributed by atoms with Crippen LogP contribution in [0.5, 0.6) is 0 Å². The van der Waals surface area contributed by atoms with Crippen molar-refractivity contribution < 1.29 is 14.1 Å². The molecule has 0 saturated heterocycles. The molecule has 1 aromatic heterocycles. The van der Waals surface area contributed by atoms with E-state index in [1.54, 1.807) is 24.3 Å². The van der Waals surface area contributed by atoms with Crippen molar-refractivity contribution in [2.45, 2.75) is 0 Å². The SMILES string of the molecule is O=C(/C=C/c1ccc(-c2ccc(Cl)cc2[N+](=O)[O-])o1)Nc1ccc(Cl)cc1Cl. The van der Waals surface area contributed by atoms with Gasteiger partial charge >= 0.3 is 0 Å². The van der Waals surface area contributed by atoms with Crippen LogP contribution in [0.1, 0.15) is 5.76 Å². The van der Waals surface area contributed by atoms with Gasteiger partial charge in [0.15, 0.2) is 0 Å². The molecular formula is C19H11Cl3N2O4. The maximum absolute atomic E-state index is 12.0. The molecule has 1 amide bonds. The number of nitrogens with zero attached hydrogens (tertiary/aromatic N) is 1. The van der Waals surface area contributed by atoms with Gasteiger partial charge in [0, 0.05) is 22.2 Å². The Balaban J connectivity index is 1.76. The Bertz CT molecular complexity index is 1090. The predicted molar refractivity (Wildman–Crippen MR) is 110 cm³/mol.